The van der Waals surface area contributed by atoms with E-state index >= 15 is 0 Å². The Labute approximate surface area is 174 Å². The van der Waals surface area contributed by atoms with Crippen LogP contribution in [0, 0.1) is 19.8 Å². The number of azo groups is 1. The summed E-state index contributed by atoms with van der Waals surface area (Å²) in [6.07, 6.45) is 0.925. The first-order valence-corrected chi connectivity index (χ1v) is 10.5. The number of fused-ring (bicyclic) bond motifs is 1. The van der Waals surface area contributed by atoms with Crippen molar-refractivity contribution in [2.24, 2.45) is 16.1 Å². The number of aromatic hydroxyl groups is 1. The summed E-state index contributed by atoms with van der Waals surface area (Å²) >= 11 is 1.22. The Kier molecular flexibility index (Phi) is 6.64. The van der Waals surface area contributed by atoms with Gasteiger partial charge in [0.25, 0.3) is 5.91 Å². The molecule has 7 nitrogen and oxygen atoms in total. The maximum Gasteiger partial charge on any atom is 0.275 e. The number of thioether (sulfide) groups is 1. The van der Waals surface area contributed by atoms with E-state index in [0.717, 1.165) is 28.7 Å². The SMILES string of the molecule is Cc1cc(C)nc(SCC(=O)N=Nc2c(O)n(CCC(C)C)c3ccccc23)n1. The lowest BCUT2D eigenvalue weighted by Crippen LogP contribution is -2.00. The van der Waals surface area contributed by atoms with Crippen LogP contribution >= 0.6 is 11.8 Å². The number of hydrogen-bond acceptors (Lipinski definition) is 6. The lowest BCUT2D eigenvalue weighted by Gasteiger charge is -2.08. The molecular formula is C21H25N5O2S. The molecule has 0 bridgehead atoms. The molecule has 0 unspecified atom stereocenters. The molecule has 0 radical (unpaired) electrons. The highest BCUT2D eigenvalue weighted by Crippen LogP contribution is 2.39. The number of carbonyl (C=O) groups excluding carboxylic acids is 1. The van der Waals surface area contributed by atoms with Crippen LogP contribution in [0.2, 0.25) is 0 Å². The van der Waals surface area contributed by atoms with E-state index in [-0.39, 0.29) is 11.6 Å². The van der Waals surface area contributed by atoms with Crippen molar-refractivity contribution in [3.8, 4) is 5.88 Å². The molecule has 0 spiro atoms. The number of benzene rings is 1. The zero-order chi connectivity index (χ0) is 21.0. The smallest absolute Gasteiger partial charge is 0.275 e. The number of amides is 1. The molecule has 1 N–H and O–H groups in total. The lowest BCUT2D eigenvalue weighted by molar-refractivity contribution is -0.115. The quantitative estimate of drug-likeness (QED) is 0.327. The molecule has 3 aromatic rings. The largest absolute Gasteiger partial charge is 0.493 e. The summed E-state index contributed by atoms with van der Waals surface area (Å²) in [5.74, 6) is 0.218. The maximum atomic E-state index is 12.2. The maximum absolute atomic E-state index is 12.2. The second kappa shape index (κ2) is 9.17. The van der Waals surface area contributed by atoms with Crippen LogP contribution in [-0.4, -0.2) is 31.3 Å². The van der Waals surface area contributed by atoms with Crippen LogP contribution in [0.15, 0.2) is 45.7 Å². The van der Waals surface area contributed by atoms with Crippen LogP contribution in [-0.2, 0) is 11.3 Å². The minimum absolute atomic E-state index is 0.0358. The van der Waals surface area contributed by atoms with E-state index < -0.39 is 5.91 Å². The van der Waals surface area contributed by atoms with Gasteiger partial charge in [-0.3, -0.25) is 4.79 Å². The van der Waals surface area contributed by atoms with Crippen molar-refractivity contribution < 1.29 is 9.90 Å². The normalized spacial score (nSPS) is 11.8. The van der Waals surface area contributed by atoms with E-state index in [1.165, 1.54) is 11.8 Å². The van der Waals surface area contributed by atoms with E-state index in [0.29, 0.717) is 23.3 Å². The number of rotatable bonds is 7. The molecule has 3 rings (SSSR count). The monoisotopic (exact) mass is 411 g/mol. The van der Waals surface area contributed by atoms with Crippen LogP contribution < -0.4 is 0 Å². The zero-order valence-electron chi connectivity index (χ0n) is 17.1. The molecule has 1 aromatic carbocycles. The van der Waals surface area contributed by atoms with Gasteiger partial charge in [0.15, 0.2) is 10.8 Å². The Bertz CT molecular complexity index is 1040. The Morgan fingerprint density at radius 3 is 2.59 bits per heavy atom. The van der Waals surface area contributed by atoms with Crippen molar-refractivity contribution in [3.63, 3.8) is 0 Å². The minimum atomic E-state index is -0.406. The molecule has 152 valence electrons. The van der Waals surface area contributed by atoms with Gasteiger partial charge < -0.3 is 9.67 Å². The van der Waals surface area contributed by atoms with E-state index in [1.54, 1.807) is 0 Å². The average molecular weight is 412 g/mol. The Hall–Kier alpha value is -2.74. The second-order valence-electron chi connectivity index (χ2n) is 7.34. The van der Waals surface area contributed by atoms with Crippen LogP contribution in [0.1, 0.15) is 31.7 Å². The third-order valence-corrected chi connectivity index (χ3v) is 5.23. The van der Waals surface area contributed by atoms with Gasteiger partial charge in [-0.15, -0.1) is 10.2 Å². The molecule has 0 fully saturated rings. The molecule has 2 heterocycles. The van der Waals surface area contributed by atoms with Crippen molar-refractivity contribution >= 4 is 34.3 Å². The van der Waals surface area contributed by atoms with E-state index in [1.807, 2.05) is 48.7 Å². The summed E-state index contributed by atoms with van der Waals surface area (Å²) < 4.78 is 1.83. The summed E-state index contributed by atoms with van der Waals surface area (Å²) in [6, 6.07) is 9.48. The average Bonchev–Trinajstić information content (AvgIpc) is 2.93. The summed E-state index contributed by atoms with van der Waals surface area (Å²) in [4.78, 5) is 20.8. The van der Waals surface area contributed by atoms with Gasteiger partial charge >= 0.3 is 0 Å². The number of para-hydroxylation sites is 1. The van der Waals surface area contributed by atoms with Crippen molar-refractivity contribution in [3.05, 3.63) is 41.7 Å². The summed E-state index contributed by atoms with van der Waals surface area (Å²) in [7, 11) is 0. The molecule has 8 heteroatoms. The van der Waals surface area contributed by atoms with Crippen molar-refractivity contribution in [1.29, 1.82) is 0 Å². The molecule has 29 heavy (non-hydrogen) atoms. The molecule has 0 aliphatic heterocycles. The number of aryl methyl sites for hydroxylation is 3. The van der Waals surface area contributed by atoms with Crippen LogP contribution in [0.3, 0.4) is 0 Å². The molecule has 2 aromatic heterocycles. The third kappa shape index (κ3) is 5.20. The molecule has 0 atom stereocenters. The first kappa shape index (κ1) is 21.0. The van der Waals surface area contributed by atoms with Crippen LogP contribution in [0.4, 0.5) is 5.69 Å². The standard InChI is InChI=1S/C21H25N5O2S/c1-13(2)9-10-26-17-8-6-5-7-16(17)19(20(26)28)25-24-18(27)12-29-21-22-14(3)11-15(4)23-21/h5-8,11,13,28H,9-10,12H2,1-4H3. The van der Waals surface area contributed by atoms with Gasteiger partial charge in [0.2, 0.25) is 5.88 Å². The summed E-state index contributed by atoms with van der Waals surface area (Å²) in [5, 5.41) is 19.9. The topological polar surface area (TPSA) is 92.7 Å². The summed E-state index contributed by atoms with van der Waals surface area (Å²) in [6.45, 7) is 8.72. The number of nitrogens with zero attached hydrogens (tertiary/aromatic N) is 5. The molecule has 1 amide bonds. The molecule has 0 aliphatic rings. The molecule has 0 saturated heterocycles. The predicted molar refractivity (Wildman–Crippen MR) is 115 cm³/mol. The Morgan fingerprint density at radius 1 is 1.21 bits per heavy atom. The highest BCUT2D eigenvalue weighted by Gasteiger charge is 2.17. The van der Waals surface area contributed by atoms with Gasteiger partial charge in [0, 0.05) is 23.3 Å². The van der Waals surface area contributed by atoms with Crippen molar-refractivity contribution in [1.82, 2.24) is 14.5 Å². The van der Waals surface area contributed by atoms with Crippen molar-refractivity contribution in [2.75, 3.05) is 5.75 Å². The number of hydrogen-bond donors (Lipinski definition) is 1. The van der Waals surface area contributed by atoms with Crippen molar-refractivity contribution in [2.45, 2.75) is 45.8 Å². The van der Waals surface area contributed by atoms with Crippen LogP contribution in [0.5, 0.6) is 5.88 Å². The number of carbonyl (C=O) groups is 1. The van der Waals surface area contributed by atoms with E-state index in [4.69, 9.17) is 0 Å². The Balaban J connectivity index is 1.77. The van der Waals surface area contributed by atoms with Gasteiger partial charge in [-0.2, -0.15) is 0 Å². The first-order chi connectivity index (χ1) is 13.8. The third-order valence-electron chi connectivity index (χ3n) is 4.40. The van der Waals surface area contributed by atoms with E-state index in [2.05, 4.69) is 34.0 Å². The minimum Gasteiger partial charge on any atom is -0.493 e. The fourth-order valence-electron chi connectivity index (χ4n) is 3.00. The highest BCUT2D eigenvalue weighted by molar-refractivity contribution is 7.99. The zero-order valence-corrected chi connectivity index (χ0v) is 17.9. The van der Waals surface area contributed by atoms with Gasteiger partial charge in [-0.25, -0.2) is 9.97 Å². The van der Waals surface area contributed by atoms with Gasteiger partial charge in [-0.1, -0.05) is 43.8 Å². The van der Waals surface area contributed by atoms with Gasteiger partial charge in [-0.05, 0) is 38.3 Å². The molecule has 0 aliphatic carbocycles. The summed E-state index contributed by atoms with van der Waals surface area (Å²) in [5.41, 5.74) is 2.91. The Morgan fingerprint density at radius 2 is 1.90 bits per heavy atom. The fourth-order valence-corrected chi connectivity index (χ4v) is 3.73. The fraction of sp³-hybridized carbons (Fsp3) is 0.381. The lowest BCUT2D eigenvalue weighted by atomic mass is 10.1. The second-order valence-corrected chi connectivity index (χ2v) is 8.28. The van der Waals surface area contributed by atoms with E-state index in [9.17, 15) is 9.90 Å². The number of aromatic nitrogens is 3. The predicted octanol–water partition coefficient (Wildman–Crippen LogP) is 5.20. The van der Waals surface area contributed by atoms with Crippen LogP contribution in [0.25, 0.3) is 10.9 Å². The van der Waals surface area contributed by atoms with Gasteiger partial charge in [0.05, 0.1) is 11.3 Å². The highest BCUT2D eigenvalue weighted by atomic mass is 32.2. The first-order valence-electron chi connectivity index (χ1n) is 9.55. The molecular weight excluding hydrogens is 386 g/mol. The van der Waals surface area contributed by atoms with Gasteiger partial charge in [0.1, 0.15) is 0 Å². The molecule has 0 saturated carbocycles.